The van der Waals surface area contributed by atoms with Gasteiger partial charge in [0.2, 0.25) is 10.0 Å². The number of carboxylic acids is 1. The average molecular weight is 517 g/mol. The fourth-order valence-electron chi connectivity index (χ4n) is 3.43. The molecular weight excluding hydrogens is 489 g/mol. The number of carbonyl (C=O) groups is 1. The smallest absolute Gasteiger partial charge is 0.303 e. The van der Waals surface area contributed by atoms with Crippen molar-refractivity contribution in [1.29, 1.82) is 0 Å². The molecule has 154 valence electrons. The maximum atomic E-state index is 12.5. The van der Waals surface area contributed by atoms with Crippen LogP contribution in [0.25, 0.3) is 6.08 Å². The zero-order valence-electron chi connectivity index (χ0n) is 15.9. The molecule has 2 unspecified atom stereocenters. The quantitative estimate of drug-likeness (QED) is 0.262. The average Bonchev–Trinajstić information content (AvgIpc) is 2.64. The number of allylic oxidation sites excluding steroid dienone is 2. The van der Waals surface area contributed by atoms with Crippen LogP contribution in [0.2, 0.25) is 0 Å². The van der Waals surface area contributed by atoms with Gasteiger partial charge in [-0.15, -0.1) is 0 Å². The first-order valence-electron chi connectivity index (χ1n) is 9.68. The lowest BCUT2D eigenvalue weighted by Gasteiger charge is -2.31. The number of rotatable bonds is 10. The van der Waals surface area contributed by atoms with Crippen molar-refractivity contribution in [3.63, 3.8) is 0 Å². The van der Waals surface area contributed by atoms with Gasteiger partial charge in [-0.3, -0.25) is 4.79 Å². The second-order valence-electron chi connectivity index (χ2n) is 7.16. The van der Waals surface area contributed by atoms with E-state index in [9.17, 15) is 13.2 Å². The molecule has 2 rings (SSSR count). The van der Waals surface area contributed by atoms with Gasteiger partial charge in [0.1, 0.15) is 0 Å². The molecule has 1 aliphatic rings. The maximum Gasteiger partial charge on any atom is 0.303 e. The topological polar surface area (TPSA) is 83.5 Å². The van der Waals surface area contributed by atoms with Gasteiger partial charge in [-0.2, -0.15) is 0 Å². The fraction of sp³-hybridized carbons (Fsp3) is 0.476. The molecule has 1 aliphatic carbocycles. The third kappa shape index (κ3) is 8.87. The van der Waals surface area contributed by atoms with Crippen LogP contribution in [-0.2, 0) is 14.8 Å². The van der Waals surface area contributed by atoms with E-state index in [1.54, 1.807) is 6.08 Å². The van der Waals surface area contributed by atoms with Gasteiger partial charge < -0.3 is 5.11 Å². The van der Waals surface area contributed by atoms with Crippen molar-refractivity contribution in [2.75, 3.05) is 0 Å². The van der Waals surface area contributed by atoms with Gasteiger partial charge in [-0.25, -0.2) is 13.1 Å². The van der Waals surface area contributed by atoms with Crippen LogP contribution in [-0.4, -0.2) is 25.5 Å². The molecule has 1 saturated carbocycles. The Morgan fingerprint density at radius 3 is 2.79 bits per heavy atom. The molecule has 2 N–H and O–H groups in total. The maximum absolute atomic E-state index is 12.5. The fourth-order valence-corrected chi connectivity index (χ4v) is 5.15. The van der Waals surface area contributed by atoms with Crippen LogP contribution in [0.4, 0.5) is 0 Å². The molecule has 0 bridgehead atoms. The van der Waals surface area contributed by atoms with Gasteiger partial charge in [0.25, 0.3) is 0 Å². The lowest BCUT2D eigenvalue weighted by atomic mass is 9.83. The Balaban J connectivity index is 1.89. The summed E-state index contributed by atoms with van der Waals surface area (Å²) in [5, 5.41) is 9.91. The first-order chi connectivity index (χ1) is 13.4. The van der Waals surface area contributed by atoms with E-state index in [1.807, 2.05) is 30.3 Å². The van der Waals surface area contributed by atoms with Crippen molar-refractivity contribution in [3.8, 4) is 0 Å². The summed E-state index contributed by atoms with van der Waals surface area (Å²) in [4.78, 5) is 10.5. The summed E-state index contributed by atoms with van der Waals surface area (Å²) >= 11 is 2.20. The first kappa shape index (κ1) is 23.1. The molecule has 0 saturated heterocycles. The Morgan fingerprint density at radius 1 is 1.25 bits per heavy atom. The van der Waals surface area contributed by atoms with Crippen molar-refractivity contribution < 1.29 is 18.3 Å². The normalized spacial score (nSPS) is 20.8. The van der Waals surface area contributed by atoms with Gasteiger partial charge in [0, 0.05) is 21.4 Å². The van der Waals surface area contributed by atoms with Crippen LogP contribution in [0, 0.1) is 9.49 Å². The highest BCUT2D eigenvalue weighted by Crippen LogP contribution is 2.28. The van der Waals surface area contributed by atoms with Gasteiger partial charge in [-0.1, -0.05) is 37.1 Å². The molecule has 1 aromatic rings. The molecule has 1 aromatic carbocycles. The van der Waals surface area contributed by atoms with Gasteiger partial charge in [0.15, 0.2) is 0 Å². The van der Waals surface area contributed by atoms with E-state index < -0.39 is 16.0 Å². The summed E-state index contributed by atoms with van der Waals surface area (Å²) in [7, 11) is -3.50. The molecule has 0 radical (unpaired) electrons. The summed E-state index contributed by atoms with van der Waals surface area (Å²) in [5.41, 5.74) is 0.863. The van der Waals surface area contributed by atoms with Crippen molar-refractivity contribution in [2.24, 2.45) is 5.92 Å². The molecule has 5 nitrogen and oxygen atoms in total. The second kappa shape index (κ2) is 11.7. The van der Waals surface area contributed by atoms with Crippen LogP contribution in [0.15, 0.2) is 41.8 Å². The number of unbranched alkanes of at least 4 members (excludes halogenated alkanes) is 1. The highest BCUT2D eigenvalue weighted by atomic mass is 127. The van der Waals surface area contributed by atoms with Crippen LogP contribution >= 0.6 is 22.6 Å². The molecule has 0 aromatic heterocycles. The molecule has 0 spiro atoms. The molecule has 0 aliphatic heterocycles. The lowest BCUT2D eigenvalue weighted by molar-refractivity contribution is -0.137. The number of sulfonamides is 1. The first-order valence-corrected chi connectivity index (χ1v) is 12.3. The van der Waals surface area contributed by atoms with Gasteiger partial charge in [-0.05, 0) is 84.4 Å². The van der Waals surface area contributed by atoms with E-state index in [0.717, 1.165) is 47.7 Å². The molecule has 7 heteroatoms. The van der Waals surface area contributed by atoms with Crippen LogP contribution < -0.4 is 4.72 Å². The molecule has 0 heterocycles. The number of nitrogens with one attached hydrogen (secondary N) is 1. The third-order valence-electron chi connectivity index (χ3n) is 4.88. The minimum Gasteiger partial charge on any atom is -0.481 e. The van der Waals surface area contributed by atoms with E-state index in [2.05, 4.69) is 33.4 Å². The van der Waals surface area contributed by atoms with Crippen molar-refractivity contribution in [2.45, 2.75) is 57.4 Å². The molecule has 0 amide bonds. The number of benzene rings is 1. The largest absolute Gasteiger partial charge is 0.481 e. The number of carboxylic acid groups (broad SMARTS) is 1. The van der Waals surface area contributed by atoms with E-state index in [-0.39, 0.29) is 18.4 Å². The Bertz CT molecular complexity index is 804. The summed E-state index contributed by atoms with van der Waals surface area (Å²) in [6.07, 6.45) is 12.1. The van der Waals surface area contributed by atoms with Gasteiger partial charge in [0.05, 0.1) is 0 Å². The zero-order valence-corrected chi connectivity index (χ0v) is 18.9. The second-order valence-corrected chi connectivity index (χ2v) is 10.0. The number of halogens is 1. The Labute approximate surface area is 181 Å². The molecule has 1 fully saturated rings. The standard InChI is InChI=1S/C21H28INO4S/c22-19-11-7-8-17(16-19)14-15-28(26,27)23-20-12-6-5-10-18(20)9-3-1-2-4-13-21(24)25/h1,3,7-8,11,14-16,18,20,23H,2,4-6,9-10,12-13H2,(H,24,25)/b3-1+,15-14+. The predicted molar refractivity (Wildman–Crippen MR) is 121 cm³/mol. The zero-order chi connectivity index (χ0) is 20.4. The van der Waals surface area contributed by atoms with E-state index >= 15 is 0 Å². The van der Waals surface area contributed by atoms with Crippen LogP contribution in [0.1, 0.15) is 56.9 Å². The number of hydrogen-bond donors (Lipinski definition) is 2. The van der Waals surface area contributed by atoms with Crippen molar-refractivity contribution in [3.05, 3.63) is 51.0 Å². The van der Waals surface area contributed by atoms with Gasteiger partial charge >= 0.3 is 5.97 Å². The summed E-state index contributed by atoms with van der Waals surface area (Å²) < 4.78 is 28.9. The highest BCUT2D eigenvalue weighted by molar-refractivity contribution is 14.1. The van der Waals surface area contributed by atoms with Crippen molar-refractivity contribution >= 4 is 44.7 Å². The Morgan fingerprint density at radius 2 is 2.04 bits per heavy atom. The third-order valence-corrected chi connectivity index (χ3v) is 6.68. The summed E-state index contributed by atoms with van der Waals surface area (Å²) in [6.45, 7) is 0. The minimum atomic E-state index is -3.50. The SMILES string of the molecule is O=C(O)CCC/C=C/CC1CCCCC1NS(=O)(=O)/C=C/c1cccc(I)c1. The minimum absolute atomic E-state index is 0.0528. The highest BCUT2D eigenvalue weighted by Gasteiger charge is 2.27. The van der Waals surface area contributed by atoms with Crippen LogP contribution in [0.3, 0.4) is 0 Å². The molecule has 2 atom stereocenters. The Hall–Kier alpha value is -1.19. The van der Waals surface area contributed by atoms with E-state index in [1.165, 1.54) is 5.41 Å². The van der Waals surface area contributed by atoms with E-state index in [0.29, 0.717) is 6.42 Å². The lowest BCUT2D eigenvalue weighted by Crippen LogP contribution is -2.41. The van der Waals surface area contributed by atoms with E-state index in [4.69, 9.17) is 5.11 Å². The molecule has 28 heavy (non-hydrogen) atoms. The predicted octanol–water partition coefficient (Wildman–Crippen LogP) is 4.94. The Kier molecular flexibility index (Phi) is 9.67. The molecular formula is C21H28INO4S. The number of aliphatic carboxylic acids is 1. The number of hydrogen-bond acceptors (Lipinski definition) is 3. The summed E-state index contributed by atoms with van der Waals surface area (Å²) in [6, 6.07) is 7.63. The summed E-state index contributed by atoms with van der Waals surface area (Å²) in [5.74, 6) is -0.487. The van der Waals surface area contributed by atoms with Crippen molar-refractivity contribution in [1.82, 2.24) is 4.72 Å². The monoisotopic (exact) mass is 517 g/mol. The van der Waals surface area contributed by atoms with Crippen LogP contribution in [0.5, 0.6) is 0 Å².